The minimum Gasteiger partial charge on any atom is -0.476 e. The van der Waals surface area contributed by atoms with E-state index in [0.717, 1.165) is 49.2 Å². The van der Waals surface area contributed by atoms with Crippen LogP contribution in [0.25, 0.3) is 0 Å². The summed E-state index contributed by atoms with van der Waals surface area (Å²) in [6, 6.07) is 2.82. The average molecular weight is 412 g/mol. The number of aromatic nitrogens is 1. The maximum Gasteiger partial charge on any atom is 0.357 e. The second-order valence-corrected chi connectivity index (χ2v) is 7.66. The van der Waals surface area contributed by atoms with Gasteiger partial charge in [-0.25, -0.2) is 19.0 Å². The highest BCUT2D eigenvalue weighted by molar-refractivity contribution is 7.20. The van der Waals surface area contributed by atoms with Crippen molar-refractivity contribution in [1.29, 1.82) is 0 Å². The van der Waals surface area contributed by atoms with E-state index in [2.05, 4.69) is 15.6 Å². The number of amides is 2. The Balaban J connectivity index is 1.76. The zero-order chi connectivity index (χ0) is 19.6. The van der Waals surface area contributed by atoms with Gasteiger partial charge in [0.05, 0.1) is 5.69 Å². The Morgan fingerprint density at radius 3 is 2.56 bits per heavy atom. The SMILES string of the molecule is O=C(Nc1nc(C(=O)O)c(Cl)s1)Nc1ccc(F)cc1C(=O)C1CCCC1. The fourth-order valence-corrected chi connectivity index (χ4v) is 4.00. The second kappa shape index (κ2) is 8.01. The van der Waals surface area contributed by atoms with Gasteiger partial charge in [-0.3, -0.25) is 10.1 Å². The molecule has 1 aliphatic carbocycles. The highest BCUT2D eigenvalue weighted by Gasteiger charge is 2.26. The second-order valence-electron chi connectivity index (χ2n) is 6.06. The summed E-state index contributed by atoms with van der Waals surface area (Å²) >= 11 is 6.55. The highest BCUT2D eigenvalue weighted by atomic mass is 35.5. The third-order valence-corrected chi connectivity index (χ3v) is 5.40. The zero-order valence-corrected chi connectivity index (χ0v) is 15.5. The molecule has 1 saturated carbocycles. The summed E-state index contributed by atoms with van der Waals surface area (Å²) in [5, 5.41) is 13.8. The summed E-state index contributed by atoms with van der Waals surface area (Å²) < 4.78 is 13.6. The van der Waals surface area contributed by atoms with E-state index in [-0.39, 0.29) is 38.1 Å². The van der Waals surface area contributed by atoms with Crippen molar-refractivity contribution in [3.8, 4) is 0 Å². The molecule has 3 N–H and O–H groups in total. The van der Waals surface area contributed by atoms with Crippen molar-refractivity contribution in [3.05, 3.63) is 39.6 Å². The lowest BCUT2D eigenvalue weighted by atomic mass is 9.95. The van der Waals surface area contributed by atoms with E-state index in [4.69, 9.17) is 16.7 Å². The first-order valence-corrected chi connectivity index (χ1v) is 9.36. The number of nitrogens with one attached hydrogen (secondary N) is 2. The summed E-state index contributed by atoms with van der Waals surface area (Å²) in [7, 11) is 0. The first kappa shape index (κ1) is 19.2. The molecule has 0 aliphatic heterocycles. The van der Waals surface area contributed by atoms with Gasteiger partial charge < -0.3 is 10.4 Å². The number of carbonyl (C=O) groups is 3. The molecule has 1 fully saturated rings. The van der Waals surface area contributed by atoms with Crippen molar-refractivity contribution in [2.24, 2.45) is 5.92 Å². The lowest BCUT2D eigenvalue weighted by Crippen LogP contribution is -2.22. The molecule has 27 heavy (non-hydrogen) atoms. The van der Waals surface area contributed by atoms with E-state index in [1.54, 1.807) is 0 Å². The molecule has 0 unspecified atom stereocenters. The van der Waals surface area contributed by atoms with E-state index in [0.29, 0.717) is 0 Å². The summed E-state index contributed by atoms with van der Waals surface area (Å²) in [5.41, 5.74) is -0.0804. The van der Waals surface area contributed by atoms with E-state index < -0.39 is 17.8 Å². The Labute approximate surface area is 162 Å². The number of benzene rings is 1. The van der Waals surface area contributed by atoms with Crippen LogP contribution >= 0.6 is 22.9 Å². The third kappa shape index (κ3) is 4.42. The minimum absolute atomic E-state index is 0.0133. The van der Waals surface area contributed by atoms with E-state index >= 15 is 0 Å². The van der Waals surface area contributed by atoms with Gasteiger partial charge in [0.1, 0.15) is 10.2 Å². The standard InChI is InChI=1S/C17H15ClFN3O4S/c18-14-12(15(24)25)21-17(27-14)22-16(26)20-11-6-5-9(19)7-10(11)13(23)8-3-1-2-4-8/h5-8H,1-4H2,(H,24,25)(H2,20,21,22,26). The molecule has 10 heteroatoms. The smallest absolute Gasteiger partial charge is 0.357 e. The van der Waals surface area contributed by atoms with Crippen LogP contribution in [0, 0.1) is 11.7 Å². The molecule has 1 aromatic heterocycles. The summed E-state index contributed by atoms with van der Waals surface area (Å²) in [5.74, 6) is -2.26. The molecule has 0 saturated heterocycles. The van der Waals surface area contributed by atoms with Crippen LogP contribution in [0.1, 0.15) is 46.5 Å². The monoisotopic (exact) mass is 411 g/mol. The van der Waals surface area contributed by atoms with Crippen LogP contribution in [0.5, 0.6) is 0 Å². The van der Waals surface area contributed by atoms with Gasteiger partial charge in [0.25, 0.3) is 0 Å². The predicted molar refractivity (Wildman–Crippen MR) is 99.4 cm³/mol. The maximum atomic E-state index is 13.6. The van der Waals surface area contributed by atoms with Gasteiger partial charge in [-0.1, -0.05) is 35.8 Å². The number of hydrogen-bond donors (Lipinski definition) is 3. The van der Waals surface area contributed by atoms with E-state index in [1.807, 2.05) is 0 Å². The quantitative estimate of drug-likeness (QED) is 0.620. The third-order valence-electron chi connectivity index (χ3n) is 4.23. The number of ketones is 1. The van der Waals surface area contributed by atoms with Gasteiger partial charge in [-0.05, 0) is 31.0 Å². The topological polar surface area (TPSA) is 108 Å². The summed E-state index contributed by atoms with van der Waals surface area (Å²) in [6.07, 6.45) is 3.39. The molecular formula is C17H15ClFN3O4S. The van der Waals surface area contributed by atoms with Crippen LogP contribution < -0.4 is 10.6 Å². The molecule has 7 nitrogen and oxygen atoms in total. The lowest BCUT2D eigenvalue weighted by Gasteiger charge is -2.14. The number of thiazole rings is 1. The molecule has 2 amide bonds. The molecule has 1 heterocycles. The number of anilines is 2. The molecule has 3 rings (SSSR count). The fraction of sp³-hybridized carbons (Fsp3) is 0.294. The number of aromatic carboxylic acids is 1. The number of hydrogen-bond acceptors (Lipinski definition) is 5. The average Bonchev–Trinajstić information content (AvgIpc) is 3.25. The van der Waals surface area contributed by atoms with E-state index in [9.17, 15) is 18.8 Å². The summed E-state index contributed by atoms with van der Waals surface area (Å²) in [4.78, 5) is 39.5. The number of carboxylic acid groups (broad SMARTS) is 1. The lowest BCUT2D eigenvalue weighted by molar-refractivity contribution is 0.0691. The summed E-state index contributed by atoms with van der Waals surface area (Å²) in [6.45, 7) is 0. The normalized spacial score (nSPS) is 14.1. The first-order chi connectivity index (χ1) is 12.8. The van der Waals surface area contributed by atoms with Gasteiger partial charge >= 0.3 is 12.0 Å². The van der Waals surface area contributed by atoms with Crippen molar-refractivity contribution in [3.63, 3.8) is 0 Å². The van der Waals surface area contributed by atoms with Crippen molar-refractivity contribution in [2.45, 2.75) is 25.7 Å². The van der Waals surface area contributed by atoms with Gasteiger partial charge in [-0.15, -0.1) is 0 Å². The molecule has 142 valence electrons. The number of rotatable bonds is 5. The Bertz CT molecular complexity index is 912. The van der Waals surface area contributed by atoms with Crippen molar-refractivity contribution >= 4 is 51.5 Å². The van der Waals surface area contributed by atoms with Crippen LogP contribution in [0.3, 0.4) is 0 Å². The largest absolute Gasteiger partial charge is 0.476 e. The Morgan fingerprint density at radius 2 is 1.93 bits per heavy atom. The van der Waals surface area contributed by atoms with E-state index in [1.165, 1.54) is 6.07 Å². The number of urea groups is 1. The Morgan fingerprint density at radius 1 is 1.22 bits per heavy atom. The van der Waals surface area contributed by atoms with Crippen LogP contribution in [0.15, 0.2) is 18.2 Å². The number of halogens is 2. The Kier molecular flexibility index (Phi) is 5.71. The minimum atomic E-state index is -1.31. The fourth-order valence-electron chi connectivity index (χ4n) is 2.97. The number of Topliss-reactive ketones (excluding diaryl/α,β-unsaturated/α-hetero) is 1. The van der Waals surface area contributed by atoms with Crippen LogP contribution in [-0.4, -0.2) is 27.9 Å². The van der Waals surface area contributed by atoms with Crippen molar-refractivity contribution < 1.29 is 23.9 Å². The molecule has 1 aromatic carbocycles. The first-order valence-electron chi connectivity index (χ1n) is 8.16. The molecule has 0 atom stereocenters. The van der Waals surface area contributed by atoms with Gasteiger partial charge in [0, 0.05) is 11.5 Å². The maximum absolute atomic E-state index is 13.6. The van der Waals surface area contributed by atoms with Gasteiger partial charge in [-0.2, -0.15) is 0 Å². The zero-order valence-electron chi connectivity index (χ0n) is 13.9. The van der Waals surface area contributed by atoms with Crippen LogP contribution in [0.4, 0.5) is 20.0 Å². The number of nitrogens with zero attached hydrogens (tertiary/aromatic N) is 1. The molecule has 0 bridgehead atoms. The van der Waals surface area contributed by atoms with Gasteiger partial charge in [0.15, 0.2) is 16.6 Å². The number of carboxylic acids is 1. The van der Waals surface area contributed by atoms with Crippen LogP contribution in [-0.2, 0) is 0 Å². The highest BCUT2D eigenvalue weighted by Crippen LogP contribution is 2.31. The molecule has 0 spiro atoms. The van der Waals surface area contributed by atoms with Gasteiger partial charge in [0.2, 0.25) is 0 Å². The molecule has 2 aromatic rings. The predicted octanol–water partition coefficient (Wildman–Crippen LogP) is 4.65. The van der Waals surface area contributed by atoms with Crippen molar-refractivity contribution in [2.75, 3.05) is 10.6 Å². The molecule has 0 radical (unpaired) electrons. The van der Waals surface area contributed by atoms with Crippen LogP contribution in [0.2, 0.25) is 4.34 Å². The molecule has 1 aliphatic rings. The van der Waals surface area contributed by atoms with Crippen molar-refractivity contribution in [1.82, 2.24) is 4.98 Å². The number of carbonyl (C=O) groups excluding carboxylic acids is 2. The molecular weight excluding hydrogens is 397 g/mol. The Hall–Kier alpha value is -2.52.